The van der Waals surface area contributed by atoms with Gasteiger partial charge < -0.3 is 20.1 Å². The van der Waals surface area contributed by atoms with E-state index < -0.39 is 5.91 Å². The molecule has 122 valence electrons. The van der Waals surface area contributed by atoms with Crippen molar-refractivity contribution in [3.8, 4) is 0 Å². The van der Waals surface area contributed by atoms with E-state index in [4.69, 9.17) is 4.52 Å². The van der Waals surface area contributed by atoms with Crippen LogP contribution in [0.5, 0.6) is 0 Å². The molecule has 2 heterocycles. The lowest BCUT2D eigenvalue weighted by Gasteiger charge is -2.29. The van der Waals surface area contributed by atoms with E-state index in [1.807, 2.05) is 0 Å². The summed E-state index contributed by atoms with van der Waals surface area (Å²) in [7, 11) is 3.61. The number of hydrogen-bond acceptors (Lipinski definition) is 6. The van der Waals surface area contributed by atoms with Crippen molar-refractivity contribution >= 4 is 11.8 Å². The van der Waals surface area contributed by atoms with Crippen LogP contribution in [0.3, 0.4) is 0 Å². The van der Waals surface area contributed by atoms with Gasteiger partial charge in [-0.2, -0.15) is 4.98 Å². The van der Waals surface area contributed by atoms with E-state index in [0.29, 0.717) is 12.3 Å². The molecule has 1 unspecified atom stereocenters. The van der Waals surface area contributed by atoms with Crippen LogP contribution in [0.25, 0.3) is 0 Å². The third-order valence-electron chi connectivity index (χ3n) is 3.84. The Morgan fingerprint density at radius 2 is 2.27 bits per heavy atom. The number of rotatable bonds is 6. The quantitative estimate of drug-likeness (QED) is 0.777. The highest BCUT2D eigenvalue weighted by Gasteiger charge is 2.18. The van der Waals surface area contributed by atoms with Crippen LogP contribution in [0.4, 0.5) is 0 Å². The lowest BCUT2D eigenvalue weighted by atomic mass is 9.93. The number of amides is 2. The van der Waals surface area contributed by atoms with E-state index in [1.165, 1.54) is 19.9 Å². The van der Waals surface area contributed by atoms with E-state index in [0.717, 1.165) is 19.5 Å². The van der Waals surface area contributed by atoms with Crippen molar-refractivity contribution < 1.29 is 14.1 Å². The van der Waals surface area contributed by atoms with Crippen molar-refractivity contribution in [2.45, 2.75) is 32.2 Å². The van der Waals surface area contributed by atoms with E-state index in [9.17, 15) is 9.59 Å². The first-order valence-electron chi connectivity index (χ1n) is 7.58. The standard InChI is InChI=1S/C14H23N5O3/c1-15-14(21)13-17-12(22-18-13)8-16-11(20)6-5-10-4-3-7-19(2)9-10/h10H,3-9H2,1-2H3,(H,15,21)(H,16,20). The summed E-state index contributed by atoms with van der Waals surface area (Å²) in [6, 6.07) is 0. The first-order chi connectivity index (χ1) is 10.6. The molecule has 0 radical (unpaired) electrons. The Balaban J connectivity index is 1.69. The van der Waals surface area contributed by atoms with Gasteiger partial charge in [0.25, 0.3) is 11.7 Å². The summed E-state index contributed by atoms with van der Waals surface area (Å²) in [5.41, 5.74) is 0. The Bertz CT molecular complexity index is 516. The van der Waals surface area contributed by atoms with Crippen LogP contribution in [0.15, 0.2) is 4.52 Å². The van der Waals surface area contributed by atoms with Gasteiger partial charge in [0.2, 0.25) is 11.8 Å². The second-order valence-electron chi connectivity index (χ2n) is 5.68. The number of aromatic nitrogens is 2. The Morgan fingerprint density at radius 3 is 3.00 bits per heavy atom. The van der Waals surface area contributed by atoms with Gasteiger partial charge in [0.1, 0.15) is 0 Å². The fourth-order valence-corrected chi connectivity index (χ4v) is 2.64. The molecular formula is C14H23N5O3. The van der Waals surface area contributed by atoms with Gasteiger partial charge in [0.05, 0.1) is 6.54 Å². The van der Waals surface area contributed by atoms with Crippen LogP contribution in [-0.4, -0.2) is 54.0 Å². The molecule has 2 rings (SSSR count). The summed E-state index contributed by atoms with van der Waals surface area (Å²) in [5.74, 6) is 0.338. The average molecular weight is 309 g/mol. The molecule has 0 bridgehead atoms. The monoisotopic (exact) mass is 309 g/mol. The van der Waals surface area contributed by atoms with Crippen molar-refractivity contribution in [2.75, 3.05) is 27.2 Å². The zero-order valence-electron chi connectivity index (χ0n) is 13.1. The predicted molar refractivity (Wildman–Crippen MR) is 79.0 cm³/mol. The third-order valence-corrected chi connectivity index (χ3v) is 3.84. The molecule has 8 nitrogen and oxygen atoms in total. The highest BCUT2D eigenvalue weighted by atomic mass is 16.5. The molecule has 1 aromatic heterocycles. The van der Waals surface area contributed by atoms with E-state index in [1.54, 1.807) is 0 Å². The summed E-state index contributed by atoms with van der Waals surface area (Å²) in [6.45, 7) is 2.35. The molecule has 0 aliphatic carbocycles. The fraction of sp³-hybridized carbons (Fsp3) is 0.714. The van der Waals surface area contributed by atoms with E-state index >= 15 is 0 Å². The van der Waals surface area contributed by atoms with Crippen molar-refractivity contribution in [1.29, 1.82) is 0 Å². The van der Waals surface area contributed by atoms with Crippen molar-refractivity contribution in [3.05, 3.63) is 11.7 Å². The Morgan fingerprint density at radius 1 is 1.45 bits per heavy atom. The summed E-state index contributed by atoms with van der Waals surface area (Å²) in [5, 5.41) is 8.68. The summed E-state index contributed by atoms with van der Waals surface area (Å²) < 4.78 is 4.90. The highest BCUT2D eigenvalue weighted by Crippen LogP contribution is 2.19. The van der Waals surface area contributed by atoms with Gasteiger partial charge in [-0.05, 0) is 38.8 Å². The van der Waals surface area contributed by atoms with Gasteiger partial charge >= 0.3 is 0 Å². The number of carbonyl (C=O) groups is 2. The summed E-state index contributed by atoms with van der Waals surface area (Å²) in [6.07, 6.45) is 3.78. The van der Waals surface area contributed by atoms with Crippen LogP contribution >= 0.6 is 0 Å². The van der Waals surface area contributed by atoms with Crippen molar-refractivity contribution in [1.82, 2.24) is 25.7 Å². The maximum Gasteiger partial charge on any atom is 0.292 e. The molecule has 1 saturated heterocycles. The first kappa shape index (κ1) is 16.4. The average Bonchev–Trinajstić information content (AvgIpc) is 2.99. The number of carbonyl (C=O) groups excluding carboxylic acids is 2. The fourth-order valence-electron chi connectivity index (χ4n) is 2.64. The highest BCUT2D eigenvalue weighted by molar-refractivity contribution is 5.89. The summed E-state index contributed by atoms with van der Waals surface area (Å²) in [4.78, 5) is 29.3. The molecule has 1 atom stereocenters. The molecule has 0 spiro atoms. The van der Waals surface area contributed by atoms with Gasteiger partial charge in [0, 0.05) is 20.0 Å². The number of nitrogens with one attached hydrogen (secondary N) is 2. The molecule has 1 aliphatic heterocycles. The van der Waals surface area contributed by atoms with Gasteiger partial charge in [-0.15, -0.1) is 0 Å². The number of likely N-dealkylation sites (tertiary alicyclic amines) is 1. The number of piperidine rings is 1. The van der Waals surface area contributed by atoms with Crippen LogP contribution in [-0.2, 0) is 11.3 Å². The molecule has 1 aliphatic rings. The number of nitrogens with zero attached hydrogens (tertiary/aromatic N) is 3. The predicted octanol–water partition coefficient (Wildman–Crippen LogP) is 0.167. The topological polar surface area (TPSA) is 100 Å². The largest absolute Gasteiger partial charge is 0.352 e. The van der Waals surface area contributed by atoms with Gasteiger partial charge in [-0.25, -0.2) is 0 Å². The number of hydrogen-bond donors (Lipinski definition) is 2. The van der Waals surface area contributed by atoms with E-state index in [2.05, 4.69) is 32.7 Å². The molecule has 22 heavy (non-hydrogen) atoms. The smallest absolute Gasteiger partial charge is 0.292 e. The Labute approximate surface area is 129 Å². The maximum absolute atomic E-state index is 11.8. The maximum atomic E-state index is 11.8. The Hall–Kier alpha value is -1.96. The molecule has 0 saturated carbocycles. The minimum Gasteiger partial charge on any atom is -0.352 e. The van der Waals surface area contributed by atoms with E-state index in [-0.39, 0.29) is 24.2 Å². The van der Waals surface area contributed by atoms with Crippen molar-refractivity contribution in [2.24, 2.45) is 5.92 Å². The third kappa shape index (κ3) is 4.80. The zero-order valence-corrected chi connectivity index (χ0v) is 13.1. The first-order valence-corrected chi connectivity index (χ1v) is 7.58. The normalized spacial score (nSPS) is 18.9. The minimum absolute atomic E-state index is 0.0306. The van der Waals surface area contributed by atoms with Gasteiger partial charge in [-0.3, -0.25) is 9.59 Å². The molecule has 2 amide bonds. The molecule has 0 aromatic carbocycles. The van der Waals surface area contributed by atoms with Gasteiger partial charge in [0.15, 0.2) is 0 Å². The van der Waals surface area contributed by atoms with Crippen molar-refractivity contribution in [3.63, 3.8) is 0 Å². The second kappa shape index (κ2) is 7.88. The van der Waals surface area contributed by atoms with Crippen LogP contribution in [0.1, 0.15) is 42.2 Å². The molecule has 1 aromatic rings. The van der Waals surface area contributed by atoms with Gasteiger partial charge in [-0.1, -0.05) is 5.16 Å². The molecule has 1 fully saturated rings. The minimum atomic E-state index is -0.414. The lowest BCUT2D eigenvalue weighted by molar-refractivity contribution is -0.121. The van der Waals surface area contributed by atoms with Crippen LogP contribution < -0.4 is 10.6 Å². The second-order valence-corrected chi connectivity index (χ2v) is 5.68. The van der Waals surface area contributed by atoms with Crippen LogP contribution in [0, 0.1) is 5.92 Å². The summed E-state index contributed by atoms with van der Waals surface area (Å²) >= 11 is 0. The molecule has 2 N–H and O–H groups in total. The molecular weight excluding hydrogens is 286 g/mol. The molecule has 8 heteroatoms. The zero-order chi connectivity index (χ0) is 15.9. The Kier molecular flexibility index (Phi) is 5.88. The SMILES string of the molecule is CNC(=O)c1noc(CNC(=O)CCC2CCCN(C)C2)n1. The van der Waals surface area contributed by atoms with Crippen LogP contribution in [0.2, 0.25) is 0 Å². The lowest BCUT2D eigenvalue weighted by Crippen LogP contribution is -2.33.